The monoisotopic (exact) mass is 264 g/mol. The minimum absolute atomic E-state index is 0.322. The van der Waals surface area contributed by atoms with Gasteiger partial charge in [0, 0.05) is 16.3 Å². The average Bonchev–Trinajstić information content (AvgIpc) is 2.86. The molecule has 1 unspecified atom stereocenters. The van der Waals surface area contributed by atoms with Crippen molar-refractivity contribution in [3.8, 4) is 0 Å². The average molecular weight is 264 g/mol. The van der Waals surface area contributed by atoms with E-state index in [4.69, 9.17) is 0 Å². The lowest BCUT2D eigenvalue weighted by Gasteiger charge is -2.11. The highest BCUT2D eigenvalue weighted by Gasteiger charge is 2.13. The molecule has 0 amide bonds. The van der Waals surface area contributed by atoms with E-state index >= 15 is 0 Å². The normalized spacial score (nSPS) is 18.4. The van der Waals surface area contributed by atoms with Crippen molar-refractivity contribution in [1.82, 2.24) is 9.97 Å². The molecule has 1 atom stereocenters. The SMILES string of the molecule is C1=CSC(c2cc3c(cn2)[nH]c2ccccc23)C=C1. The van der Waals surface area contributed by atoms with Crippen molar-refractivity contribution in [1.29, 1.82) is 0 Å². The van der Waals surface area contributed by atoms with E-state index in [1.807, 2.05) is 6.20 Å². The summed E-state index contributed by atoms with van der Waals surface area (Å²) in [7, 11) is 0. The van der Waals surface area contributed by atoms with Crippen LogP contribution in [0.1, 0.15) is 10.9 Å². The standard InChI is InChI=1S/C16H12N2S/c1-2-6-13-11(5-1)12-9-14(17-10-15(12)18-13)16-7-3-4-8-19-16/h1-10,16,18H. The number of hydrogen-bond acceptors (Lipinski definition) is 2. The van der Waals surface area contributed by atoms with Crippen LogP contribution in [0.2, 0.25) is 0 Å². The molecule has 3 heteroatoms. The fraction of sp³-hybridized carbons (Fsp3) is 0.0625. The zero-order valence-electron chi connectivity index (χ0n) is 10.2. The van der Waals surface area contributed by atoms with Gasteiger partial charge in [-0.1, -0.05) is 36.4 Å². The summed E-state index contributed by atoms with van der Waals surface area (Å²) in [5.74, 6) is 0. The predicted molar refractivity (Wildman–Crippen MR) is 82.2 cm³/mol. The lowest BCUT2D eigenvalue weighted by molar-refractivity contribution is 1.10. The zero-order valence-corrected chi connectivity index (χ0v) is 11.0. The third-order valence-electron chi connectivity index (χ3n) is 3.40. The summed E-state index contributed by atoms with van der Waals surface area (Å²) in [5, 5.41) is 4.96. The summed E-state index contributed by atoms with van der Waals surface area (Å²) in [5.41, 5.74) is 3.39. The predicted octanol–water partition coefficient (Wildman–Crippen LogP) is 4.57. The first-order valence-electron chi connectivity index (χ1n) is 6.27. The van der Waals surface area contributed by atoms with Crippen LogP contribution in [-0.4, -0.2) is 9.97 Å². The Balaban J connectivity index is 1.92. The first-order chi connectivity index (χ1) is 9.42. The van der Waals surface area contributed by atoms with Gasteiger partial charge in [-0.25, -0.2) is 0 Å². The van der Waals surface area contributed by atoms with E-state index in [0.717, 1.165) is 11.2 Å². The van der Waals surface area contributed by atoms with E-state index in [2.05, 4.69) is 63.9 Å². The second-order valence-electron chi connectivity index (χ2n) is 4.60. The van der Waals surface area contributed by atoms with E-state index in [9.17, 15) is 0 Å². The van der Waals surface area contributed by atoms with Gasteiger partial charge in [0.05, 0.1) is 22.7 Å². The van der Waals surface area contributed by atoms with Crippen LogP contribution in [0.25, 0.3) is 21.8 Å². The third-order valence-corrected chi connectivity index (χ3v) is 4.41. The van der Waals surface area contributed by atoms with E-state index in [1.165, 1.54) is 16.3 Å². The lowest BCUT2D eigenvalue weighted by atomic mass is 10.1. The van der Waals surface area contributed by atoms with Crippen molar-refractivity contribution >= 4 is 33.6 Å². The number of pyridine rings is 1. The van der Waals surface area contributed by atoms with E-state index < -0.39 is 0 Å². The maximum absolute atomic E-state index is 4.59. The fourth-order valence-electron chi connectivity index (χ4n) is 2.48. The molecule has 2 aromatic heterocycles. The fourth-order valence-corrected chi connectivity index (χ4v) is 3.28. The molecule has 0 aliphatic carbocycles. The molecular formula is C16H12N2S. The van der Waals surface area contributed by atoms with Crippen molar-refractivity contribution < 1.29 is 0 Å². The van der Waals surface area contributed by atoms with Crippen LogP contribution in [-0.2, 0) is 0 Å². The molecule has 1 aliphatic rings. The van der Waals surface area contributed by atoms with Gasteiger partial charge < -0.3 is 4.98 Å². The van der Waals surface area contributed by atoms with Crippen LogP contribution in [0, 0.1) is 0 Å². The molecular weight excluding hydrogens is 252 g/mol. The minimum Gasteiger partial charge on any atom is -0.353 e. The molecule has 0 fully saturated rings. The smallest absolute Gasteiger partial charge is 0.0694 e. The highest BCUT2D eigenvalue weighted by atomic mass is 32.2. The van der Waals surface area contributed by atoms with Crippen molar-refractivity contribution in [2.75, 3.05) is 0 Å². The van der Waals surface area contributed by atoms with Crippen LogP contribution in [0.4, 0.5) is 0 Å². The van der Waals surface area contributed by atoms with Gasteiger partial charge in [0.25, 0.3) is 0 Å². The number of benzene rings is 1. The van der Waals surface area contributed by atoms with Gasteiger partial charge in [-0.2, -0.15) is 0 Å². The van der Waals surface area contributed by atoms with Crippen molar-refractivity contribution in [2.45, 2.75) is 5.25 Å². The number of aromatic nitrogens is 2. The Morgan fingerprint density at radius 3 is 2.89 bits per heavy atom. The number of rotatable bonds is 1. The summed E-state index contributed by atoms with van der Waals surface area (Å²) in [6.07, 6.45) is 8.28. The number of nitrogens with zero attached hydrogens (tertiary/aromatic N) is 1. The van der Waals surface area contributed by atoms with Gasteiger partial charge in [0.2, 0.25) is 0 Å². The maximum atomic E-state index is 4.59. The molecule has 3 aromatic rings. The molecule has 19 heavy (non-hydrogen) atoms. The molecule has 2 nitrogen and oxygen atoms in total. The summed E-state index contributed by atoms with van der Waals surface area (Å²) < 4.78 is 0. The lowest BCUT2D eigenvalue weighted by Crippen LogP contribution is -1.94. The number of thioether (sulfide) groups is 1. The van der Waals surface area contributed by atoms with Crippen LogP contribution < -0.4 is 0 Å². The zero-order chi connectivity index (χ0) is 12.7. The van der Waals surface area contributed by atoms with Crippen LogP contribution in [0.5, 0.6) is 0 Å². The number of allylic oxidation sites excluding steroid dienone is 2. The molecule has 0 bridgehead atoms. The molecule has 1 aromatic carbocycles. The Hall–Kier alpha value is -2.00. The van der Waals surface area contributed by atoms with Gasteiger partial charge in [-0.15, -0.1) is 11.8 Å². The molecule has 0 spiro atoms. The molecule has 1 N–H and O–H groups in total. The molecule has 3 heterocycles. The van der Waals surface area contributed by atoms with E-state index in [0.29, 0.717) is 5.25 Å². The Morgan fingerprint density at radius 2 is 2.00 bits per heavy atom. The van der Waals surface area contributed by atoms with Gasteiger partial charge >= 0.3 is 0 Å². The Labute approximate surface area is 115 Å². The van der Waals surface area contributed by atoms with Gasteiger partial charge in [0.15, 0.2) is 0 Å². The quantitative estimate of drug-likeness (QED) is 0.697. The van der Waals surface area contributed by atoms with Gasteiger partial charge in [-0.05, 0) is 17.5 Å². The summed E-state index contributed by atoms with van der Waals surface area (Å²) >= 11 is 1.79. The van der Waals surface area contributed by atoms with Gasteiger partial charge in [-0.3, -0.25) is 4.98 Å². The van der Waals surface area contributed by atoms with Crippen LogP contribution in [0.3, 0.4) is 0 Å². The molecule has 0 saturated carbocycles. The number of hydrogen-bond donors (Lipinski definition) is 1. The number of nitrogens with one attached hydrogen (secondary N) is 1. The molecule has 92 valence electrons. The Bertz CT molecular complexity index is 814. The minimum atomic E-state index is 0.322. The van der Waals surface area contributed by atoms with Crippen LogP contribution >= 0.6 is 11.8 Å². The third kappa shape index (κ3) is 1.78. The summed E-state index contributed by atoms with van der Waals surface area (Å²) in [6.45, 7) is 0. The number of fused-ring (bicyclic) bond motifs is 3. The largest absolute Gasteiger partial charge is 0.353 e. The van der Waals surface area contributed by atoms with E-state index in [-0.39, 0.29) is 0 Å². The maximum Gasteiger partial charge on any atom is 0.0694 e. The Kier molecular flexibility index (Phi) is 2.45. The second kappa shape index (κ2) is 4.28. The first-order valence-corrected chi connectivity index (χ1v) is 7.21. The molecule has 0 radical (unpaired) electrons. The van der Waals surface area contributed by atoms with Crippen molar-refractivity contribution in [3.05, 3.63) is 65.9 Å². The van der Waals surface area contributed by atoms with Crippen LogP contribution in [0.15, 0.2) is 60.2 Å². The molecule has 1 aliphatic heterocycles. The second-order valence-corrected chi connectivity index (χ2v) is 5.65. The van der Waals surface area contributed by atoms with Gasteiger partial charge in [0.1, 0.15) is 0 Å². The highest BCUT2D eigenvalue weighted by Crippen LogP contribution is 2.34. The van der Waals surface area contributed by atoms with Crippen molar-refractivity contribution in [3.63, 3.8) is 0 Å². The van der Waals surface area contributed by atoms with E-state index in [1.54, 1.807) is 11.8 Å². The number of H-pyrrole nitrogens is 1. The number of para-hydroxylation sites is 1. The summed E-state index contributed by atoms with van der Waals surface area (Å²) in [4.78, 5) is 8.00. The summed E-state index contributed by atoms with van der Waals surface area (Å²) in [6, 6.07) is 10.6. The van der Waals surface area contributed by atoms with Crippen molar-refractivity contribution in [2.24, 2.45) is 0 Å². The first kappa shape index (κ1) is 10.9. The highest BCUT2D eigenvalue weighted by molar-refractivity contribution is 8.02. The molecule has 0 saturated heterocycles. The Morgan fingerprint density at radius 1 is 1.05 bits per heavy atom. The topological polar surface area (TPSA) is 28.7 Å². The molecule has 4 rings (SSSR count). The number of aromatic amines is 1.